The zero-order chi connectivity index (χ0) is 24.6. The molecule has 1 aliphatic rings. The number of Topliss-reactive ketones (excluding diaryl/α,β-unsaturated/α-hetero) is 1. The third-order valence-electron chi connectivity index (χ3n) is 5.78. The Morgan fingerprint density at radius 2 is 1.91 bits per heavy atom. The zero-order valence-electron chi connectivity index (χ0n) is 20.8. The minimum absolute atomic E-state index is 0.0299. The molecule has 8 nitrogen and oxygen atoms in total. The summed E-state index contributed by atoms with van der Waals surface area (Å²) in [6.45, 7) is 1.36. The maximum atomic E-state index is 13.0. The topological polar surface area (TPSA) is 80.0 Å². The fraction of sp³-hybridized carbons (Fsp3) is 0.292. The van der Waals surface area contributed by atoms with Crippen LogP contribution >= 0.6 is 0 Å². The number of piperazine rings is 1. The third-order valence-corrected chi connectivity index (χ3v) is 5.78. The van der Waals surface area contributed by atoms with Gasteiger partial charge >= 0.3 is 0 Å². The number of carbonyl (C=O) groups excluding carboxylic acids is 1. The molecule has 1 fully saturated rings. The lowest BCUT2D eigenvalue weighted by atomic mass is 10.0. The van der Waals surface area contributed by atoms with Crippen molar-refractivity contribution < 1.29 is 8.91 Å². The predicted octanol–water partition coefficient (Wildman–Crippen LogP) is 2.60. The molecule has 32 heavy (non-hydrogen) atoms. The number of nitrogens with zero attached hydrogens (tertiary/aromatic N) is 7. The number of anilines is 1. The van der Waals surface area contributed by atoms with E-state index < -0.39 is 6.98 Å². The maximum absolute atomic E-state index is 13.0. The molecule has 0 aromatic carbocycles. The first kappa shape index (κ1) is 17.0. The van der Waals surface area contributed by atoms with Crippen LogP contribution in [0.25, 0.3) is 22.0 Å². The van der Waals surface area contributed by atoms with Crippen molar-refractivity contribution in [1.82, 2.24) is 29.6 Å². The van der Waals surface area contributed by atoms with E-state index in [-0.39, 0.29) is 12.2 Å². The molecule has 0 spiro atoms. The number of hydrogen-bond acceptors (Lipinski definition) is 7. The van der Waals surface area contributed by atoms with Gasteiger partial charge in [-0.25, -0.2) is 4.98 Å². The van der Waals surface area contributed by atoms with E-state index in [1.807, 2.05) is 18.2 Å². The van der Waals surface area contributed by atoms with Crippen molar-refractivity contribution in [2.75, 3.05) is 38.1 Å². The van der Waals surface area contributed by atoms with Crippen LogP contribution in [0, 0.1) is 0 Å². The zero-order valence-corrected chi connectivity index (χ0v) is 17.8. The van der Waals surface area contributed by atoms with Gasteiger partial charge in [-0.05, 0) is 31.3 Å². The lowest BCUT2D eigenvalue weighted by Crippen LogP contribution is -2.44. The molecule has 0 radical (unpaired) electrons. The fourth-order valence-electron chi connectivity index (χ4n) is 3.87. The van der Waals surface area contributed by atoms with E-state index in [0.717, 1.165) is 47.6 Å². The molecule has 4 aromatic heterocycles. The summed E-state index contributed by atoms with van der Waals surface area (Å²) in [4.78, 5) is 30.8. The molecule has 1 aliphatic heterocycles. The second-order valence-corrected chi connectivity index (χ2v) is 8.06. The minimum Gasteiger partial charge on any atom is -0.354 e. The summed E-state index contributed by atoms with van der Waals surface area (Å²) in [6.07, 6.45) is 8.13. The summed E-state index contributed by atoms with van der Waals surface area (Å²) in [6, 6.07) is 7.35. The van der Waals surface area contributed by atoms with E-state index >= 15 is 0 Å². The van der Waals surface area contributed by atoms with Crippen LogP contribution in [-0.2, 0) is 13.4 Å². The van der Waals surface area contributed by atoms with Crippen molar-refractivity contribution in [2.45, 2.75) is 6.42 Å². The van der Waals surface area contributed by atoms with E-state index in [1.165, 1.54) is 12.4 Å². The first-order valence-corrected chi connectivity index (χ1v) is 10.5. The van der Waals surface area contributed by atoms with E-state index in [0.29, 0.717) is 22.3 Å². The van der Waals surface area contributed by atoms with Gasteiger partial charge in [-0.15, -0.1) is 0 Å². The molecule has 1 saturated heterocycles. The van der Waals surface area contributed by atoms with Gasteiger partial charge in [-0.3, -0.25) is 19.4 Å². The molecule has 162 valence electrons. The monoisotopic (exact) mass is 430 g/mol. The van der Waals surface area contributed by atoms with Gasteiger partial charge in [0.05, 0.1) is 24.3 Å². The van der Waals surface area contributed by atoms with Gasteiger partial charge in [0.15, 0.2) is 5.78 Å². The fourth-order valence-corrected chi connectivity index (χ4v) is 3.87. The van der Waals surface area contributed by atoms with Crippen LogP contribution in [-0.4, -0.2) is 68.6 Å². The van der Waals surface area contributed by atoms with E-state index in [4.69, 9.17) is 4.11 Å². The molecule has 0 aliphatic carbocycles. The van der Waals surface area contributed by atoms with Crippen LogP contribution in [0.2, 0.25) is 0 Å². The number of hydrogen-bond donors (Lipinski definition) is 0. The molecule has 4 aromatic rings. The van der Waals surface area contributed by atoms with Crippen molar-refractivity contribution in [1.29, 1.82) is 0 Å². The van der Waals surface area contributed by atoms with Gasteiger partial charge in [0.25, 0.3) is 0 Å². The molecule has 0 N–H and O–H groups in total. The number of pyridine rings is 3. The second kappa shape index (κ2) is 8.47. The Balaban J connectivity index is 1.35. The Morgan fingerprint density at radius 3 is 2.72 bits per heavy atom. The number of rotatable bonds is 5. The Kier molecular flexibility index (Phi) is 4.49. The molecule has 8 heteroatoms. The van der Waals surface area contributed by atoms with Crippen LogP contribution in [0.5, 0.6) is 0 Å². The Labute approximate surface area is 190 Å². The van der Waals surface area contributed by atoms with Gasteiger partial charge in [0.2, 0.25) is 0 Å². The Morgan fingerprint density at radius 1 is 1.03 bits per heavy atom. The van der Waals surface area contributed by atoms with Crippen LogP contribution < -0.4 is 4.90 Å². The number of fused-ring (bicyclic) bond motifs is 1. The highest BCUT2D eigenvalue weighted by atomic mass is 16.1. The van der Waals surface area contributed by atoms with Gasteiger partial charge in [-0.2, -0.15) is 5.10 Å². The smallest absolute Gasteiger partial charge is 0.169 e. The van der Waals surface area contributed by atoms with Crippen molar-refractivity contribution in [3.63, 3.8) is 0 Å². The average Bonchev–Trinajstić information content (AvgIpc) is 3.35. The van der Waals surface area contributed by atoms with Gasteiger partial charge < -0.3 is 9.80 Å². The summed E-state index contributed by atoms with van der Waals surface area (Å²) in [5.41, 5.74) is 3.33. The molecule has 0 atom stereocenters. The van der Waals surface area contributed by atoms with Crippen molar-refractivity contribution in [3.05, 3.63) is 66.5 Å². The van der Waals surface area contributed by atoms with E-state index in [1.54, 1.807) is 24.7 Å². The van der Waals surface area contributed by atoms with Gasteiger partial charge in [-0.1, -0.05) is 0 Å². The van der Waals surface area contributed by atoms with E-state index in [9.17, 15) is 4.79 Å². The van der Waals surface area contributed by atoms with Crippen LogP contribution in [0.1, 0.15) is 20.2 Å². The summed E-state index contributed by atoms with van der Waals surface area (Å²) < 4.78 is 23.4. The standard InChI is InChI=1S/C24H25N7O/c1-29-5-7-31(8-6-29)24-11-17(3-4-25-24)23(32)12-21-10-18-9-19(13-27-22(18)15-26-21)20-14-28-30(2)16-20/h3-4,9-11,13-16H,5-8,12H2,1-2H3/i2D3. The second-order valence-electron chi connectivity index (χ2n) is 8.06. The predicted molar refractivity (Wildman–Crippen MR) is 124 cm³/mol. The van der Waals surface area contributed by atoms with Crippen molar-refractivity contribution in [3.8, 4) is 11.1 Å². The molecule has 0 saturated carbocycles. The Hall–Kier alpha value is -3.65. The van der Waals surface area contributed by atoms with Gasteiger partial charge in [0, 0.05) is 83.6 Å². The van der Waals surface area contributed by atoms with E-state index in [2.05, 4.69) is 36.9 Å². The first-order chi connectivity index (χ1) is 16.8. The molecular formula is C24H25N7O. The summed E-state index contributed by atoms with van der Waals surface area (Å²) in [5.74, 6) is 0.791. The molecule has 0 bridgehead atoms. The molecule has 0 amide bonds. The molecule has 5 rings (SSSR count). The Bertz CT molecular complexity index is 1380. The number of aromatic nitrogens is 5. The maximum Gasteiger partial charge on any atom is 0.169 e. The molecular weight excluding hydrogens is 402 g/mol. The lowest BCUT2D eigenvalue weighted by molar-refractivity contribution is 0.0992. The first-order valence-electron chi connectivity index (χ1n) is 12.0. The third kappa shape index (κ3) is 4.22. The summed E-state index contributed by atoms with van der Waals surface area (Å²) in [7, 11) is 2.10. The number of carbonyl (C=O) groups is 1. The lowest BCUT2D eigenvalue weighted by Gasteiger charge is -2.33. The molecule has 5 heterocycles. The number of likely N-dealkylation sites (N-methyl/N-ethyl adjacent to an activating group) is 1. The SMILES string of the molecule is [2H]C([2H])([2H])n1cc(-c2cnc3cnc(CC(=O)c4ccnc(N5CCN(C)CC5)c4)cc3c2)cn1. The summed E-state index contributed by atoms with van der Waals surface area (Å²) >= 11 is 0. The largest absolute Gasteiger partial charge is 0.354 e. The van der Waals surface area contributed by atoms with Crippen LogP contribution in [0.3, 0.4) is 0 Å². The average molecular weight is 431 g/mol. The highest BCUT2D eigenvalue weighted by Crippen LogP contribution is 2.23. The van der Waals surface area contributed by atoms with Crippen LogP contribution in [0.15, 0.2) is 55.2 Å². The quantitative estimate of drug-likeness (QED) is 0.450. The normalized spacial score (nSPS) is 16.5. The molecule has 0 unspecified atom stereocenters. The van der Waals surface area contributed by atoms with Crippen molar-refractivity contribution in [2.24, 2.45) is 6.98 Å². The number of aryl methyl sites for hydroxylation is 1. The summed E-state index contributed by atoms with van der Waals surface area (Å²) in [5, 5.41) is 4.75. The highest BCUT2D eigenvalue weighted by molar-refractivity contribution is 5.98. The van der Waals surface area contributed by atoms with Crippen molar-refractivity contribution >= 4 is 22.5 Å². The number of ketones is 1. The van der Waals surface area contributed by atoms with Gasteiger partial charge in [0.1, 0.15) is 5.82 Å². The van der Waals surface area contributed by atoms with Crippen LogP contribution in [0.4, 0.5) is 5.82 Å². The minimum atomic E-state index is -2.34. The highest BCUT2D eigenvalue weighted by Gasteiger charge is 2.17.